The molecule has 0 saturated heterocycles. The Kier molecular flexibility index (Phi) is 4.37. The summed E-state index contributed by atoms with van der Waals surface area (Å²) in [5, 5.41) is 2.43. The Hall–Kier alpha value is -3.26. The molecular weight excluding hydrogens is 378 g/mol. The Morgan fingerprint density at radius 1 is 0.710 bits per heavy atom. The fraction of sp³-hybridized carbons (Fsp3) is 0.241. The average molecular weight is 408 g/mol. The van der Waals surface area contributed by atoms with Crippen molar-refractivity contribution in [3.63, 3.8) is 0 Å². The molecule has 0 amide bonds. The van der Waals surface area contributed by atoms with Gasteiger partial charge in [-0.25, -0.2) is 0 Å². The van der Waals surface area contributed by atoms with Crippen LogP contribution in [0.4, 0.5) is 17.1 Å². The Labute approximate surface area is 185 Å². The maximum absolute atomic E-state index is 6.38. The second-order valence-electron chi connectivity index (χ2n) is 9.75. The minimum atomic E-state index is 0.110. The quantitative estimate of drug-likeness (QED) is 0.276. The summed E-state index contributed by atoms with van der Waals surface area (Å²) >= 11 is 0. The van der Waals surface area contributed by atoms with E-state index in [1.54, 1.807) is 0 Å². The first-order chi connectivity index (χ1) is 14.7. The van der Waals surface area contributed by atoms with Gasteiger partial charge >= 0.3 is 0 Å². The number of anilines is 3. The van der Waals surface area contributed by atoms with E-state index in [0.29, 0.717) is 0 Å². The number of nitrogens with zero attached hydrogens (tertiary/aromatic N) is 1. The Morgan fingerprint density at radius 3 is 2.13 bits per heavy atom. The van der Waals surface area contributed by atoms with Crippen LogP contribution in [0.2, 0.25) is 0 Å². The van der Waals surface area contributed by atoms with Crippen LogP contribution in [0.1, 0.15) is 43.0 Å². The van der Waals surface area contributed by atoms with E-state index < -0.39 is 0 Å². The van der Waals surface area contributed by atoms with Crippen LogP contribution < -0.4 is 9.64 Å². The first-order valence-electron chi connectivity index (χ1n) is 11.0. The Morgan fingerprint density at radius 2 is 1.42 bits per heavy atom. The van der Waals surface area contributed by atoms with Crippen molar-refractivity contribution in [2.45, 2.75) is 47.0 Å². The van der Waals surface area contributed by atoms with Gasteiger partial charge in [-0.05, 0) is 66.5 Å². The molecule has 0 aromatic heterocycles. The molecule has 0 spiro atoms. The summed E-state index contributed by atoms with van der Waals surface area (Å²) in [4.78, 5) is 2.41. The van der Waals surface area contributed by atoms with Crippen molar-refractivity contribution in [3.05, 3.63) is 89.0 Å². The lowest BCUT2D eigenvalue weighted by Crippen LogP contribution is -2.19. The van der Waals surface area contributed by atoms with Crippen molar-refractivity contribution in [1.82, 2.24) is 0 Å². The van der Waals surface area contributed by atoms with E-state index in [0.717, 1.165) is 22.9 Å². The van der Waals surface area contributed by atoms with Gasteiger partial charge in [-0.2, -0.15) is 0 Å². The second-order valence-corrected chi connectivity index (χ2v) is 9.75. The number of benzene rings is 4. The summed E-state index contributed by atoms with van der Waals surface area (Å²) in [5.74, 6) is 1.79. The number of ether oxygens (including phenoxy) is 1. The molecular formula is C29H29NO. The first-order valence-corrected chi connectivity index (χ1v) is 11.0. The van der Waals surface area contributed by atoms with Gasteiger partial charge < -0.3 is 9.64 Å². The predicted molar refractivity (Wildman–Crippen MR) is 132 cm³/mol. The van der Waals surface area contributed by atoms with Crippen LogP contribution in [0, 0.1) is 20.8 Å². The second kappa shape index (κ2) is 6.88. The maximum Gasteiger partial charge on any atom is 0.152 e. The SMILES string of the molecule is Cc1ccc2c3c(ccc2c1)Oc1ccccc1N3c1c(C)cc(C(C)(C)C)cc1C. The van der Waals surface area contributed by atoms with Crippen molar-refractivity contribution < 1.29 is 4.74 Å². The molecule has 4 aromatic rings. The molecule has 0 atom stereocenters. The van der Waals surface area contributed by atoms with Gasteiger partial charge in [-0.1, -0.05) is 74.9 Å². The number of aryl methyl sites for hydroxylation is 3. The van der Waals surface area contributed by atoms with Gasteiger partial charge in [0.05, 0.1) is 17.1 Å². The zero-order valence-corrected chi connectivity index (χ0v) is 19.2. The molecule has 0 unspecified atom stereocenters. The van der Waals surface area contributed by atoms with E-state index in [1.165, 1.54) is 38.7 Å². The molecule has 2 nitrogen and oxygen atoms in total. The van der Waals surface area contributed by atoms with Crippen LogP contribution in [0.25, 0.3) is 10.8 Å². The van der Waals surface area contributed by atoms with E-state index in [4.69, 9.17) is 4.74 Å². The van der Waals surface area contributed by atoms with Gasteiger partial charge in [0.15, 0.2) is 11.5 Å². The monoisotopic (exact) mass is 407 g/mol. The summed E-state index contributed by atoms with van der Waals surface area (Å²) < 4.78 is 6.38. The van der Waals surface area contributed by atoms with Gasteiger partial charge in [0.1, 0.15) is 0 Å². The Bertz CT molecular complexity index is 1300. The minimum Gasteiger partial charge on any atom is -0.453 e. The highest BCUT2D eigenvalue weighted by atomic mass is 16.5. The van der Waals surface area contributed by atoms with Crippen molar-refractivity contribution in [1.29, 1.82) is 0 Å². The summed E-state index contributed by atoms with van der Waals surface area (Å²) in [7, 11) is 0. The lowest BCUT2D eigenvalue weighted by Gasteiger charge is -2.36. The molecule has 0 aliphatic carbocycles. The summed E-state index contributed by atoms with van der Waals surface area (Å²) in [6.45, 7) is 13.4. The topological polar surface area (TPSA) is 12.5 Å². The zero-order valence-electron chi connectivity index (χ0n) is 19.2. The number of hydrogen-bond acceptors (Lipinski definition) is 2. The van der Waals surface area contributed by atoms with Crippen molar-refractivity contribution in [2.75, 3.05) is 4.90 Å². The van der Waals surface area contributed by atoms with Crippen molar-refractivity contribution in [2.24, 2.45) is 0 Å². The van der Waals surface area contributed by atoms with E-state index in [1.807, 2.05) is 6.07 Å². The summed E-state index contributed by atoms with van der Waals surface area (Å²) in [5.41, 5.74) is 8.72. The van der Waals surface area contributed by atoms with Crippen molar-refractivity contribution in [3.8, 4) is 11.5 Å². The molecule has 0 bridgehead atoms. The minimum absolute atomic E-state index is 0.110. The molecule has 1 heterocycles. The smallest absolute Gasteiger partial charge is 0.152 e. The van der Waals surface area contributed by atoms with Gasteiger partial charge in [0, 0.05) is 5.39 Å². The first kappa shape index (κ1) is 19.7. The molecule has 0 N–H and O–H groups in total. The third-order valence-corrected chi connectivity index (χ3v) is 6.24. The number of para-hydroxylation sites is 2. The molecule has 31 heavy (non-hydrogen) atoms. The highest BCUT2D eigenvalue weighted by Crippen LogP contribution is 2.54. The highest BCUT2D eigenvalue weighted by Gasteiger charge is 2.30. The number of hydrogen-bond donors (Lipinski definition) is 0. The van der Waals surface area contributed by atoms with Crippen LogP contribution in [0.3, 0.4) is 0 Å². The predicted octanol–water partition coefficient (Wildman–Crippen LogP) is 8.64. The standard InChI is InChI=1S/C29H29NO/c1-18-11-13-23-21(15-18)12-14-26-28(23)30(24-9-7-8-10-25(24)31-26)27-19(2)16-22(17-20(27)3)29(4,5)6/h7-17H,1-6H3. The third-order valence-electron chi connectivity index (χ3n) is 6.24. The number of fused-ring (bicyclic) bond motifs is 4. The largest absolute Gasteiger partial charge is 0.453 e. The third kappa shape index (κ3) is 3.18. The molecule has 1 aliphatic heterocycles. The summed E-state index contributed by atoms with van der Waals surface area (Å²) in [6, 6.07) is 23.9. The molecule has 0 radical (unpaired) electrons. The fourth-order valence-electron chi connectivity index (χ4n) is 4.67. The van der Waals surface area contributed by atoms with E-state index in [-0.39, 0.29) is 5.41 Å². The number of rotatable bonds is 1. The van der Waals surface area contributed by atoms with E-state index in [9.17, 15) is 0 Å². The van der Waals surface area contributed by atoms with Gasteiger partial charge in [-0.15, -0.1) is 0 Å². The van der Waals surface area contributed by atoms with Crippen LogP contribution in [0.5, 0.6) is 11.5 Å². The van der Waals surface area contributed by atoms with Gasteiger partial charge in [0.2, 0.25) is 0 Å². The van der Waals surface area contributed by atoms with Crippen LogP contribution in [0.15, 0.2) is 66.7 Å². The maximum atomic E-state index is 6.38. The Balaban J connectivity index is 1.84. The van der Waals surface area contributed by atoms with E-state index >= 15 is 0 Å². The molecule has 2 heteroatoms. The summed E-state index contributed by atoms with van der Waals surface area (Å²) in [6.07, 6.45) is 0. The lowest BCUT2D eigenvalue weighted by atomic mass is 9.84. The van der Waals surface area contributed by atoms with Gasteiger partial charge in [-0.3, -0.25) is 0 Å². The normalized spacial score (nSPS) is 13.0. The van der Waals surface area contributed by atoms with Gasteiger partial charge in [0.25, 0.3) is 0 Å². The van der Waals surface area contributed by atoms with Crippen molar-refractivity contribution >= 4 is 27.8 Å². The molecule has 0 saturated carbocycles. The molecule has 0 fully saturated rings. The molecule has 4 aromatic carbocycles. The molecule has 156 valence electrons. The van der Waals surface area contributed by atoms with Crippen LogP contribution >= 0.6 is 0 Å². The average Bonchev–Trinajstić information content (AvgIpc) is 2.71. The van der Waals surface area contributed by atoms with Crippen LogP contribution in [-0.4, -0.2) is 0 Å². The zero-order chi connectivity index (χ0) is 21.9. The highest BCUT2D eigenvalue weighted by molar-refractivity contribution is 6.04. The fourth-order valence-corrected chi connectivity index (χ4v) is 4.67. The molecule has 1 aliphatic rings. The lowest BCUT2D eigenvalue weighted by molar-refractivity contribution is 0.478. The van der Waals surface area contributed by atoms with Crippen LogP contribution in [-0.2, 0) is 5.41 Å². The molecule has 5 rings (SSSR count). The van der Waals surface area contributed by atoms with E-state index in [2.05, 4.69) is 107 Å².